The summed E-state index contributed by atoms with van der Waals surface area (Å²) in [7, 11) is 0. The Morgan fingerprint density at radius 1 is 1.10 bits per heavy atom. The van der Waals surface area contributed by atoms with E-state index in [1.54, 1.807) is 0 Å². The molecule has 110 valence electrons. The van der Waals surface area contributed by atoms with Gasteiger partial charge in [0.05, 0.1) is 0 Å². The second-order valence-electron chi connectivity index (χ2n) is 4.92. The van der Waals surface area contributed by atoms with Gasteiger partial charge in [0.15, 0.2) is 5.69 Å². The molecule has 3 nitrogen and oxygen atoms in total. The highest BCUT2D eigenvalue weighted by atomic mass is 35.5. The van der Waals surface area contributed by atoms with Crippen LogP contribution in [-0.2, 0) is 19.0 Å². The van der Waals surface area contributed by atoms with E-state index in [1.165, 1.54) is 11.1 Å². The highest BCUT2D eigenvalue weighted by Gasteiger charge is 2.34. The monoisotopic (exact) mass is 313 g/mol. The van der Waals surface area contributed by atoms with Crippen molar-refractivity contribution in [3.05, 3.63) is 52.4 Å². The van der Waals surface area contributed by atoms with Crippen molar-refractivity contribution in [2.45, 2.75) is 25.1 Å². The van der Waals surface area contributed by atoms with Crippen LogP contribution in [0.4, 0.5) is 19.0 Å². The first-order chi connectivity index (χ1) is 9.91. The van der Waals surface area contributed by atoms with Gasteiger partial charge in [0.1, 0.15) is 5.82 Å². The van der Waals surface area contributed by atoms with Crippen LogP contribution in [0.1, 0.15) is 16.8 Å². The molecule has 0 fully saturated rings. The quantitative estimate of drug-likeness (QED) is 0.859. The summed E-state index contributed by atoms with van der Waals surface area (Å²) in [6, 6.07) is 8.83. The average molecular weight is 314 g/mol. The fourth-order valence-electron chi connectivity index (χ4n) is 2.51. The molecule has 0 radical (unpaired) electrons. The molecule has 1 heterocycles. The fraction of sp³-hybridized carbons (Fsp3) is 0.286. The molecule has 0 saturated heterocycles. The second kappa shape index (κ2) is 5.18. The van der Waals surface area contributed by atoms with E-state index < -0.39 is 17.2 Å². The van der Waals surface area contributed by atoms with E-state index in [4.69, 9.17) is 11.6 Å². The Balaban J connectivity index is 1.79. The van der Waals surface area contributed by atoms with Crippen LogP contribution in [0.2, 0.25) is 5.28 Å². The molecule has 0 atom stereocenters. The van der Waals surface area contributed by atoms with Crippen molar-refractivity contribution in [1.29, 1.82) is 0 Å². The summed E-state index contributed by atoms with van der Waals surface area (Å²) in [6.07, 6.45) is -3.04. The molecule has 1 aliphatic carbocycles. The lowest BCUT2D eigenvalue weighted by atomic mass is 10.1. The fourth-order valence-corrected chi connectivity index (χ4v) is 2.69. The van der Waals surface area contributed by atoms with Gasteiger partial charge < -0.3 is 5.32 Å². The first kappa shape index (κ1) is 14.1. The summed E-state index contributed by atoms with van der Waals surface area (Å²) in [5.74, 6) is 0.0973. The van der Waals surface area contributed by atoms with Crippen molar-refractivity contribution in [2.24, 2.45) is 0 Å². The molecule has 1 aliphatic rings. The minimum absolute atomic E-state index is 0.00875. The van der Waals surface area contributed by atoms with Crippen molar-refractivity contribution in [2.75, 3.05) is 5.32 Å². The Morgan fingerprint density at radius 2 is 1.71 bits per heavy atom. The molecule has 21 heavy (non-hydrogen) atoms. The number of hydrogen-bond acceptors (Lipinski definition) is 3. The van der Waals surface area contributed by atoms with Crippen LogP contribution in [0.25, 0.3) is 0 Å². The minimum Gasteiger partial charge on any atom is -0.367 e. The molecule has 1 aromatic carbocycles. The number of nitrogens with one attached hydrogen (secondary N) is 1. The van der Waals surface area contributed by atoms with Gasteiger partial charge in [-0.1, -0.05) is 24.3 Å². The number of nitrogens with zero attached hydrogens (tertiary/aromatic N) is 2. The normalized spacial score (nSPS) is 15.0. The van der Waals surface area contributed by atoms with E-state index in [1.807, 2.05) is 24.3 Å². The predicted molar refractivity (Wildman–Crippen MR) is 73.3 cm³/mol. The number of alkyl halides is 3. The van der Waals surface area contributed by atoms with Gasteiger partial charge >= 0.3 is 6.18 Å². The van der Waals surface area contributed by atoms with Crippen LogP contribution in [0.3, 0.4) is 0 Å². The standard InChI is InChI=1S/C14H11ClF3N3/c15-13-20-11(14(16,17)18)7-12(21-13)19-10-5-8-3-1-2-4-9(8)6-10/h1-4,7,10H,5-6H2,(H,19,20,21). The van der Waals surface area contributed by atoms with Crippen LogP contribution in [-0.4, -0.2) is 16.0 Å². The second-order valence-corrected chi connectivity index (χ2v) is 5.26. The number of rotatable bonds is 2. The minimum atomic E-state index is -4.54. The van der Waals surface area contributed by atoms with Gasteiger partial charge in [-0.25, -0.2) is 9.97 Å². The Bertz CT molecular complexity index is 648. The number of aromatic nitrogens is 2. The van der Waals surface area contributed by atoms with Gasteiger partial charge in [0, 0.05) is 12.1 Å². The van der Waals surface area contributed by atoms with Crippen LogP contribution < -0.4 is 5.32 Å². The number of halogens is 4. The molecule has 0 unspecified atom stereocenters. The third-order valence-electron chi connectivity index (χ3n) is 3.39. The topological polar surface area (TPSA) is 37.8 Å². The Morgan fingerprint density at radius 3 is 2.29 bits per heavy atom. The van der Waals surface area contributed by atoms with Crippen molar-refractivity contribution in [3.63, 3.8) is 0 Å². The molecule has 0 amide bonds. The van der Waals surface area contributed by atoms with Gasteiger partial charge in [0.2, 0.25) is 5.28 Å². The van der Waals surface area contributed by atoms with E-state index in [0.717, 1.165) is 18.9 Å². The first-order valence-corrected chi connectivity index (χ1v) is 6.75. The summed E-state index contributed by atoms with van der Waals surface area (Å²) >= 11 is 5.57. The van der Waals surface area contributed by atoms with Gasteiger partial charge in [-0.05, 0) is 35.6 Å². The van der Waals surface area contributed by atoms with Gasteiger partial charge in [0.25, 0.3) is 0 Å². The molecule has 0 saturated carbocycles. The molecule has 1 N–H and O–H groups in total. The lowest BCUT2D eigenvalue weighted by molar-refractivity contribution is -0.141. The lowest BCUT2D eigenvalue weighted by Crippen LogP contribution is -2.21. The molecule has 2 aromatic rings. The van der Waals surface area contributed by atoms with Crippen LogP contribution in [0.15, 0.2) is 30.3 Å². The maximum atomic E-state index is 12.7. The van der Waals surface area contributed by atoms with Gasteiger partial charge in [-0.3, -0.25) is 0 Å². The lowest BCUT2D eigenvalue weighted by Gasteiger charge is -2.14. The van der Waals surface area contributed by atoms with Crippen molar-refractivity contribution < 1.29 is 13.2 Å². The number of fused-ring (bicyclic) bond motifs is 1. The molecular weight excluding hydrogens is 303 g/mol. The third kappa shape index (κ3) is 3.10. The number of hydrogen-bond donors (Lipinski definition) is 1. The van der Waals surface area contributed by atoms with E-state index in [0.29, 0.717) is 0 Å². The summed E-state index contributed by atoms with van der Waals surface area (Å²) < 4.78 is 38.1. The molecular formula is C14H11ClF3N3. The van der Waals surface area contributed by atoms with Crippen LogP contribution >= 0.6 is 11.6 Å². The maximum Gasteiger partial charge on any atom is 0.433 e. The van der Waals surface area contributed by atoms with Crippen LogP contribution in [0.5, 0.6) is 0 Å². The van der Waals surface area contributed by atoms with Gasteiger partial charge in [-0.15, -0.1) is 0 Å². The summed E-state index contributed by atoms with van der Waals surface area (Å²) in [5.41, 5.74) is 1.36. The van der Waals surface area contributed by atoms with Crippen molar-refractivity contribution in [1.82, 2.24) is 9.97 Å². The number of benzene rings is 1. The largest absolute Gasteiger partial charge is 0.433 e. The molecule has 0 aliphatic heterocycles. The van der Waals surface area contributed by atoms with E-state index in [-0.39, 0.29) is 11.9 Å². The third-order valence-corrected chi connectivity index (χ3v) is 3.56. The van der Waals surface area contributed by atoms with E-state index in [9.17, 15) is 13.2 Å². The first-order valence-electron chi connectivity index (χ1n) is 6.37. The Hall–Kier alpha value is -1.82. The molecule has 3 rings (SSSR count). The summed E-state index contributed by atoms with van der Waals surface area (Å²) in [5, 5.41) is 2.59. The summed E-state index contributed by atoms with van der Waals surface area (Å²) in [4.78, 5) is 7.03. The van der Waals surface area contributed by atoms with E-state index >= 15 is 0 Å². The molecule has 1 aromatic heterocycles. The molecule has 7 heteroatoms. The van der Waals surface area contributed by atoms with Crippen molar-refractivity contribution >= 4 is 17.4 Å². The van der Waals surface area contributed by atoms with Crippen molar-refractivity contribution in [3.8, 4) is 0 Å². The van der Waals surface area contributed by atoms with Crippen LogP contribution in [0, 0.1) is 0 Å². The van der Waals surface area contributed by atoms with Gasteiger partial charge in [-0.2, -0.15) is 13.2 Å². The smallest absolute Gasteiger partial charge is 0.367 e. The number of anilines is 1. The summed E-state index contributed by atoms with van der Waals surface area (Å²) in [6.45, 7) is 0. The average Bonchev–Trinajstić information content (AvgIpc) is 2.79. The van der Waals surface area contributed by atoms with E-state index in [2.05, 4.69) is 15.3 Å². The maximum absolute atomic E-state index is 12.7. The zero-order chi connectivity index (χ0) is 15.0. The zero-order valence-electron chi connectivity index (χ0n) is 10.8. The highest BCUT2D eigenvalue weighted by Crippen LogP contribution is 2.30. The Labute approximate surface area is 124 Å². The molecule has 0 bridgehead atoms. The Kier molecular flexibility index (Phi) is 3.49. The SMILES string of the molecule is FC(F)(F)c1cc(NC2Cc3ccccc3C2)nc(Cl)n1. The zero-order valence-corrected chi connectivity index (χ0v) is 11.5. The molecule has 0 spiro atoms. The predicted octanol–water partition coefficient (Wildman–Crippen LogP) is 3.73. The highest BCUT2D eigenvalue weighted by molar-refractivity contribution is 6.28.